The Hall–Kier alpha value is -3.83. The largest absolute Gasteiger partial charge is 0.497 e. The number of nitrogens with zero attached hydrogens (tertiary/aromatic N) is 2. The Morgan fingerprint density at radius 2 is 1.90 bits per heavy atom. The van der Waals surface area contributed by atoms with Gasteiger partial charge in [0.1, 0.15) is 11.8 Å². The maximum Gasteiger partial charge on any atom is 0.429 e. The Bertz CT molecular complexity index is 1400. The molecule has 4 rings (SSSR count). The van der Waals surface area contributed by atoms with Crippen molar-refractivity contribution in [2.45, 2.75) is 44.0 Å². The maximum atomic E-state index is 14.5. The predicted octanol–water partition coefficient (Wildman–Crippen LogP) is 6.06. The van der Waals surface area contributed by atoms with Gasteiger partial charge < -0.3 is 26.0 Å². The second kappa shape index (κ2) is 12.1. The van der Waals surface area contributed by atoms with Crippen molar-refractivity contribution in [3.05, 3.63) is 70.9 Å². The summed E-state index contributed by atoms with van der Waals surface area (Å²) in [4.78, 5) is 19.2. The van der Waals surface area contributed by atoms with E-state index in [4.69, 9.17) is 37.6 Å². The number of allylic oxidation sites excluding steroid dienone is 2. The lowest BCUT2D eigenvalue weighted by Gasteiger charge is -2.25. The molecule has 1 heterocycles. The van der Waals surface area contributed by atoms with Gasteiger partial charge in [-0.3, -0.25) is 4.79 Å². The third-order valence-corrected chi connectivity index (χ3v) is 6.94. The molecule has 1 aromatic heterocycles. The number of benzene rings is 2. The van der Waals surface area contributed by atoms with Gasteiger partial charge in [0.05, 0.1) is 12.8 Å². The zero-order chi connectivity index (χ0) is 29.0. The fourth-order valence-electron chi connectivity index (χ4n) is 4.67. The first-order chi connectivity index (χ1) is 18.9. The smallest absolute Gasteiger partial charge is 0.429 e. The van der Waals surface area contributed by atoms with E-state index in [1.54, 1.807) is 24.3 Å². The van der Waals surface area contributed by atoms with Crippen molar-refractivity contribution in [2.75, 3.05) is 12.8 Å². The third kappa shape index (κ3) is 7.02. The van der Waals surface area contributed by atoms with Crippen molar-refractivity contribution in [2.24, 2.45) is 11.7 Å². The number of alkyl halides is 3. The lowest BCUT2D eigenvalue weighted by molar-refractivity contribution is -0.198. The number of methoxy groups -OCH3 is 1. The third-order valence-electron chi connectivity index (χ3n) is 6.71. The average Bonchev–Trinajstić information content (AvgIpc) is 2.91. The van der Waals surface area contributed by atoms with E-state index in [2.05, 4.69) is 9.97 Å². The summed E-state index contributed by atoms with van der Waals surface area (Å²) < 4.78 is 54.0. The lowest BCUT2D eigenvalue weighted by Crippen LogP contribution is -2.32. The van der Waals surface area contributed by atoms with Crippen LogP contribution in [0.5, 0.6) is 11.6 Å². The molecule has 1 aliphatic rings. The van der Waals surface area contributed by atoms with Crippen LogP contribution in [0.15, 0.2) is 54.6 Å². The van der Waals surface area contributed by atoms with Gasteiger partial charge in [-0.05, 0) is 72.6 Å². The van der Waals surface area contributed by atoms with Gasteiger partial charge in [-0.2, -0.15) is 18.2 Å². The van der Waals surface area contributed by atoms with E-state index < -0.39 is 24.3 Å². The molecule has 2 aromatic carbocycles. The van der Waals surface area contributed by atoms with Crippen LogP contribution in [0, 0.1) is 5.92 Å². The molecular formula is C28H28ClF3N4O4. The van der Waals surface area contributed by atoms with Crippen LogP contribution in [0.2, 0.25) is 5.02 Å². The van der Waals surface area contributed by atoms with E-state index in [-0.39, 0.29) is 33.9 Å². The highest BCUT2D eigenvalue weighted by atomic mass is 35.5. The molecular weight excluding hydrogens is 549 g/mol. The summed E-state index contributed by atoms with van der Waals surface area (Å²) in [7, 11) is 1.49. The summed E-state index contributed by atoms with van der Waals surface area (Å²) in [5.41, 5.74) is 13.2. The molecule has 0 spiro atoms. The number of carbonyl (C=O) groups is 1. The number of aliphatic carboxylic acids is 1. The monoisotopic (exact) mass is 576 g/mol. The van der Waals surface area contributed by atoms with Crippen LogP contribution in [0.4, 0.5) is 19.1 Å². The molecule has 3 aromatic rings. The number of halogens is 4. The first-order valence-electron chi connectivity index (χ1n) is 12.4. The molecule has 0 amide bonds. The molecule has 0 aliphatic heterocycles. The second-order valence-corrected chi connectivity index (χ2v) is 9.94. The first kappa shape index (κ1) is 29.2. The average molecular weight is 577 g/mol. The molecule has 0 bridgehead atoms. The zero-order valence-corrected chi connectivity index (χ0v) is 22.2. The van der Waals surface area contributed by atoms with Crippen molar-refractivity contribution in [3.8, 4) is 22.8 Å². The Labute approximate surface area is 233 Å². The zero-order valence-electron chi connectivity index (χ0n) is 21.5. The van der Waals surface area contributed by atoms with Gasteiger partial charge in [-0.15, -0.1) is 0 Å². The van der Waals surface area contributed by atoms with Crippen molar-refractivity contribution in [3.63, 3.8) is 0 Å². The number of carboxylic acid groups (broad SMARTS) is 1. The topological polar surface area (TPSA) is 134 Å². The van der Waals surface area contributed by atoms with E-state index in [1.165, 1.54) is 31.4 Å². The van der Waals surface area contributed by atoms with Gasteiger partial charge in [0.2, 0.25) is 17.9 Å². The van der Waals surface area contributed by atoms with Gasteiger partial charge in [-0.25, -0.2) is 4.98 Å². The summed E-state index contributed by atoms with van der Waals surface area (Å²) in [6.45, 7) is 0. The standard InChI is InChI=1S/C28H28ClF3N4O4/c1-39-19-9-6-16(7-10-19)21-13-18(29)8-11-20(21)25(28(30,31)32)40-24-14-23(35-27(34)36-24)17-4-2-15(3-5-17)12-22(33)26(37)38/h4,6-11,13-15,22,25H,2-3,5,12,33H2,1H3,(H,37,38)(H2,34,35,36). The van der Waals surface area contributed by atoms with Gasteiger partial charge >= 0.3 is 12.1 Å². The van der Waals surface area contributed by atoms with Crippen molar-refractivity contribution < 1.29 is 32.5 Å². The van der Waals surface area contributed by atoms with Gasteiger partial charge in [-0.1, -0.05) is 35.9 Å². The van der Waals surface area contributed by atoms with Crippen LogP contribution in [-0.4, -0.2) is 40.4 Å². The lowest BCUT2D eigenvalue weighted by atomic mass is 9.84. The van der Waals surface area contributed by atoms with E-state index in [0.29, 0.717) is 42.7 Å². The number of aromatic nitrogens is 2. The normalized spacial score (nSPS) is 17.1. The Kier molecular flexibility index (Phi) is 8.85. The highest BCUT2D eigenvalue weighted by molar-refractivity contribution is 6.30. The Morgan fingerprint density at radius 3 is 2.50 bits per heavy atom. The molecule has 1 aliphatic carbocycles. The van der Waals surface area contributed by atoms with Crippen LogP contribution in [0.25, 0.3) is 16.7 Å². The predicted molar refractivity (Wildman–Crippen MR) is 145 cm³/mol. The maximum absolute atomic E-state index is 14.5. The number of nitrogens with two attached hydrogens (primary N) is 2. The van der Waals surface area contributed by atoms with E-state index in [9.17, 15) is 18.0 Å². The highest BCUT2D eigenvalue weighted by Gasteiger charge is 2.44. The minimum atomic E-state index is -4.81. The highest BCUT2D eigenvalue weighted by Crippen LogP contribution is 2.42. The minimum absolute atomic E-state index is 0.0700. The molecule has 12 heteroatoms. The van der Waals surface area contributed by atoms with Crippen molar-refractivity contribution >= 4 is 29.1 Å². The summed E-state index contributed by atoms with van der Waals surface area (Å²) in [6.07, 6.45) is -3.28. The van der Waals surface area contributed by atoms with Gasteiger partial charge in [0.15, 0.2) is 0 Å². The van der Waals surface area contributed by atoms with Crippen molar-refractivity contribution in [1.29, 1.82) is 0 Å². The summed E-state index contributed by atoms with van der Waals surface area (Å²) in [5, 5.41) is 9.32. The number of nitrogen functional groups attached to an aromatic ring is 1. The van der Waals surface area contributed by atoms with Gasteiger partial charge in [0.25, 0.3) is 0 Å². The number of anilines is 1. The molecule has 0 saturated heterocycles. The Balaban J connectivity index is 1.64. The number of hydrogen-bond donors (Lipinski definition) is 3. The number of carboxylic acids is 1. The fourth-order valence-corrected chi connectivity index (χ4v) is 4.84. The molecule has 0 saturated carbocycles. The molecule has 5 N–H and O–H groups in total. The first-order valence-corrected chi connectivity index (χ1v) is 12.8. The minimum Gasteiger partial charge on any atom is -0.497 e. The second-order valence-electron chi connectivity index (χ2n) is 9.50. The summed E-state index contributed by atoms with van der Waals surface area (Å²) >= 11 is 6.16. The van der Waals surface area contributed by atoms with Crippen LogP contribution in [-0.2, 0) is 4.79 Å². The molecule has 212 valence electrons. The molecule has 3 atom stereocenters. The number of hydrogen-bond acceptors (Lipinski definition) is 7. The molecule has 0 fully saturated rings. The molecule has 40 heavy (non-hydrogen) atoms. The number of ether oxygens (including phenoxy) is 2. The number of rotatable bonds is 9. The Morgan fingerprint density at radius 1 is 1.18 bits per heavy atom. The quantitative estimate of drug-likeness (QED) is 0.280. The van der Waals surface area contributed by atoms with E-state index >= 15 is 0 Å². The van der Waals surface area contributed by atoms with Crippen LogP contribution < -0.4 is 20.9 Å². The van der Waals surface area contributed by atoms with Crippen LogP contribution in [0.1, 0.15) is 43.0 Å². The van der Waals surface area contributed by atoms with Gasteiger partial charge in [0, 0.05) is 16.7 Å². The SMILES string of the molecule is COc1ccc(-c2cc(Cl)ccc2C(Oc2cc(C3=CCC(CC(N)C(=O)O)CC3)nc(N)n2)C(F)(F)F)cc1. The summed E-state index contributed by atoms with van der Waals surface area (Å²) in [6, 6.07) is 11.0. The fraction of sp³-hybridized carbons (Fsp3) is 0.321. The molecule has 0 radical (unpaired) electrons. The van der Waals surface area contributed by atoms with Crippen molar-refractivity contribution in [1.82, 2.24) is 9.97 Å². The molecule has 8 nitrogen and oxygen atoms in total. The molecule has 3 unspecified atom stereocenters. The summed E-state index contributed by atoms with van der Waals surface area (Å²) in [5.74, 6) is -1.02. The van der Waals surface area contributed by atoms with Crippen LogP contribution >= 0.6 is 11.6 Å². The van der Waals surface area contributed by atoms with Crippen LogP contribution in [0.3, 0.4) is 0 Å². The van der Waals surface area contributed by atoms with E-state index in [1.807, 2.05) is 6.08 Å². The van der Waals surface area contributed by atoms with E-state index in [0.717, 1.165) is 5.57 Å².